The molecular formula is C35H42N4O4. The van der Waals surface area contributed by atoms with Crippen LogP contribution >= 0.6 is 0 Å². The van der Waals surface area contributed by atoms with E-state index in [1.165, 1.54) is 5.56 Å². The van der Waals surface area contributed by atoms with Crippen molar-refractivity contribution in [3.8, 4) is 11.5 Å². The zero-order chi connectivity index (χ0) is 29.8. The third-order valence-electron chi connectivity index (χ3n) is 8.91. The monoisotopic (exact) mass is 582 g/mol. The molecule has 226 valence electrons. The third kappa shape index (κ3) is 6.12. The molecule has 0 spiro atoms. The van der Waals surface area contributed by atoms with Crippen LogP contribution in [0.3, 0.4) is 0 Å². The van der Waals surface area contributed by atoms with E-state index in [1.54, 1.807) is 0 Å². The second-order valence-corrected chi connectivity index (χ2v) is 11.5. The lowest BCUT2D eigenvalue weighted by atomic mass is 9.75. The van der Waals surface area contributed by atoms with E-state index in [1.807, 2.05) is 55.1 Å². The van der Waals surface area contributed by atoms with Crippen molar-refractivity contribution in [1.29, 1.82) is 0 Å². The topological polar surface area (TPSA) is 74.4 Å². The predicted molar refractivity (Wildman–Crippen MR) is 167 cm³/mol. The van der Waals surface area contributed by atoms with E-state index >= 15 is 0 Å². The standard InChI is InChI=1S/C35H42N4O4/c1-3-42-30-22-26-14-16-39-33(29(26)23-31(30)43-4-2)32(27-12-8-9-13-28(27)35(39)41)34(40)36-15-17-37-18-20-38(21-19-37)24-25-10-6-5-7-11-25/h5-13,22-23,32-33H,3-4,14-21,24H2,1-2H3,(H,36,40). The van der Waals surface area contributed by atoms with Gasteiger partial charge in [-0.25, -0.2) is 0 Å². The van der Waals surface area contributed by atoms with E-state index in [-0.39, 0.29) is 11.8 Å². The zero-order valence-corrected chi connectivity index (χ0v) is 25.3. The highest BCUT2D eigenvalue weighted by atomic mass is 16.5. The Morgan fingerprint density at radius 2 is 1.51 bits per heavy atom. The van der Waals surface area contributed by atoms with Crippen molar-refractivity contribution < 1.29 is 19.1 Å². The normalized spacial score (nSPS) is 20.1. The number of carbonyl (C=O) groups excluding carboxylic acids is 2. The third-order valence-corrected chi connectivity index (χ3v) is 8.91. The maximum atomic E-state index is 14.1. The van der Waals surface area contributed by atoms with Gasteiger partial charge in [0.2, 0.25) is 5.91 Å². The van der Waals surface area contributed by atoms with Crippen LogP contribution < -0.4 is 14.8 Å². The molecule has 8 heteroatoms. The predicted octanol–water partition coefficient (Wildman–Crippen LogP) is 4.25. The van der Waals surface area contributed by atoms with Gasteiger partial charge in [-0.3, -0.25) is 19.4 Å². The first-order valence-corrected chi connectivity index (χ1v) is 15.7. The van der Waals surface area contributed by atoms with Crippen LogP contribution in [0.4, 0.5) is 0 Å². The van der Waals surface area contributed by atoms with E-state index in [2.05, 4.69) is 45.4 Å². The average molecular weight is 583 g/mol. The molecule has 1 saturated heterocycles. The summed E-state index contributed by atoms with van der Waals surface area (Å²) < 4.78 is 11.9. The highest BCUT2D eigenvalue weighted by Gasteiger charge is 2.46. The maximum absolute atomic E-state index is 14.1. The first-order chi connectivity index (χ1) is 21.1. The van der Waals surface area contributed by atoms with Crippen molar-refractivity contribution in [2.75, 3.05) is 59.0 Å². The number of carbonyl (C=O) groups is 2. The molecule has 3 aromatic rings. The van der Waals surface area contributed by atoms with Gasteiger partial charge < -0.3 is 19.7 Å². The van der Waals surface area contributed by atoms with Crippen molar-refractivity contribution in [3.63, 3.8) is 0 Å². The van der Waals surface area contributed by atoms with Crippen LogP contribution in [-0.2, 0) is 17.8 Å². The molecule has 0 radical (unpaired) electrons. The summed E-state index contributed by atoms with van der Waals surface area (Å²) in [6.45, 7) is 11.8. The number of fused-ring (bicyclic) bond motifs is 4. The number of hydrogen-bond acceptors (Lipinski definition) is 6. The van der Waals surface area contributed by atoms with E-state index in [4.69, 9.17) is 9.47 Å². The number of piperazine rings is 1. The van der Waals surface area contributed by atoms with Crippen LogP contribution in [0.15, 0.2) is 66.7 Å². The maximum Gasteiger partial charge on any atom is 0.254 e. The Bertz CT molecular complexity index is 1440. The highest BCUT2D eigenvalue weighted by Crippen LogP contribution is 2.48. The molecule has 0 bridgehead atoms. The molecule has 43 heavy (non-hydrogen) atoms. The lowest BCUT2D eigenvalue weighted by molar-refractivity contribution is -0.124. The number of rotatable bonds is 10. The molecule has 3 aromatic carbocycles. The van der Waals surface area contributed by atoms with Crippen molar-refractivity contribution in [3.05, 3.63) is 94.5 Å². The van der Waals surface area contributed by atoms with Gasteiger partial charge in [0, 0.05) is 57.9 Å². The molecule has 0 aromatic heterocycles. The molecule has 2 amide bonds. The number of nitrogens with one attached hydrogen (secondary N) is 1. The molecule has 1 N–H and O–H groups in total. The van der Waals surface area contributed by atoms with E-state index in [9.17, 15) is 9.59 Å². The van der Waals surface area contributed by atoms with E-state index < -0.39 is 12.0 Å². The Hall–Kier alpha value is -3.88. The minimum Gasteiger partial charge on any atom is -0.490 e. The largest absolute Gasteiger partial charge is 0.490 e. The number of hydrogen-bond donors (Lipinski definition) is 1. The van der Waals surface area contributed by atoms with Gasteiger partial charge >= 0.3 is 0 Å². The van der Waals surface area contributed by atoms with Gasteiger partial charge in [0.25, 0.3) is 5.91 Å². The Morgan fingerprint density at radius 3 is 2.26 bits per heavy atom. The van der Waals surface area contributed by atoms with Gasteiger partial charge in [0.05, 0.1) is 25.2 Å². The van der Waals surface area contributed by atoms with Crippen molar-refractivity contribution in [1.82, 2.24) is 20.0 Å². The fraction of sp³-hybridized carbons (Fsp3) is 0.429. The molecular weight excluding hydrogens is 540 g/mol. The molecule has 0 aliphatic carbocycles. The summed E-state index contributed by atoms with van der Waals surface area (Å²) in [5.74, 6) is 0.793. The molecule has 2 unspecified atom stereocenters. The summed E-state index contributed by atoms with van der Waals surface area (Å²) in [6.07, 6.45) is 0.705. The first kappa shape index (κ1) is 29.2. The van der Waals surface area contributed by atoms with Gasteiger partial charge in [0.15, 0.2) is 11.5 Å². The van der Waals surface area contributed by atoms with Gasteiger partial charge in [-0.1, -0.05) is 48.5 Å². The fourth-order valence-electron chi connectivity index (χ4n) is 6.81. The smallest absolute Gasteiger partial charge is 0.254 e. The SMILES string of the molecule is CCOc1cc2c(cc1OCC)C1C(C(=O)NCCN3CCN(Cc4ccccc4)CC3)c3ccccc3C(=O)N1CC2. The molecule has 8 nitrogen and oxygen atoms in total. The van der Waals surface area contributed by atoms with Gasteiger partial charge in [-0.05, 0) is 60.7 Å². The Balaban J connectivity index is 1.18. The van der Waals surface area contributed by atoms with Crippen molar-refractivity contribution in [2.45, 2.75) is 38.8 Å². The molecule has 3 aliphatic heterocycles. The first-order valence-electron chi connectivity index (χ1n) is 15.7. The summed E-state index contributed by atoms with van der Waals surface area (Å²) in [5, 5.41) is 3.25. The van der Waals surface area contributed by atoms with E-state index in [0.717, 1.165) is 56.0 Å². The Kier molecular flexibility index (Phi) is 8.95. The number of ether oxygens (including phenoxy) is 2. The number of amides is 2. The highest BCUT2D eigenvalue weighted by molar-refractivity contribution is 6.01. The van der Waals surface area contributed by atoms with Gasteiger partial charge in [0.1, 0.15) is 0 Å². The van der Waals surface area contributed by atoms with Crippen LogP contribution in [0.2, 0.25) is 0 Å². The summed E-state index contributed by atoms with van der Waals surface area (Å²) >= 11 is 0. The fourth-order valence-corrected chi connectivity index (χ4v) is 6.81. The van der Waals surface area contributed by atoms with Gasteiger partial charge in [-0.15, -0.1) is 0 Å². The van der Waals surface area contributed by atoms with Crippen LogP contribution in [0.1, 0.15) is 58.4 Å². The molecule has 1 fully saturated rings. The summed E-state index contributed by atoms with van der Waals surface area (Å²) in [7, 11) is 0. The Labute approximate surface area is 254 Å². The summed E-state index contributed by atoms with van der Waals surface area (Å²) in [6, 6.07) is 21.8. The molecule has 6 rings (SSSR count). The molecule has 3 aliphatic rings. The van der Waals surface area contributed by atoms with Crippen molar-refractivity contribution >= 4 is 11.8 Å². The van der Waals surface area contributed by atoms with Crippen LogP contribution in [0.25, 0.3) is 0 Å². The summed E-state index contributed by atoms with van der Waals surface area (Å²) in [4.78, 5) is 34.6. The lowest BCUT2D eigenvalue weighted by Gasteiger charge is -2.45. The number of nitrogens with zero attached hydrogens (tertiary/aromatic N) is 3. The second-order valence-electron chi connectivity index (χ2n) is 11.5. The van der Waals surface area contributed by atoms with Crippen LogP contribution in [0, 0.1) is 0 Å². The van der Waals surface area contributed by atoms with Crippen molar-refractivity contribution in [2.24, 2.45) is 0 Å². The quantitative estimate of drug-likeness (QED) is 0.385. The minimum atomic E-state index is -0.511. The van der Waals surface area contributed by atoms with Crippen LogP contribution in [0.5, 0.6) is 11.5 Å². The van der Waals surface area contributed by atoms with E-state index in [0.29, 0.717) is 49.8 Å². The minimum absolute atomic E-state index is 0.0180. The zero-order valence-electron chi connectivity index (χ0n) is 25.3. The van der Waals surface area contributed by atoms with Crippen LogP contribution in [-0.4, -0.2) is 85.5 Å². The molecule has 0 saturated carbocycles. The van der Waals surface area contributed by atoms with Gasteiger partial charge in [-0.2, -0.15) is 0 Å². The second kappa shape index (κ2) is 13.2. The summed E-state index contributed by atoms with van der Waals surface area (Å²) in [5.41, 5.74) is 4.82. The molecule has 3 heterocycles. The Morgan fingerprint density at radius 1 is 0.837 bits per heavy atom. The number of benzene rings is 3. The molecule has 2 atom stereocenters. The lowest BCUT2D eigenvalue weighted by Crippen LogP contribution is -2.51. The average Bonchev–Trinajstić information content (AvgIpc) is 3.03.